The molecule has 0 radical (unpaired) electrons. The van der Waals surface area contributed by atoms with Crippen molar-refractivity contribution in [3.8, 4) is 44.9 Å². The maximum absolute atomic E-state index is 7.21. The minimum absolute atomic E-state index is 0.0653. The SMILES string of the molecule is CC(C)(C)c1ccc2c(c1)C1(c3ccccc3Oc3ccc(N(c4ccc5c(c4)C4(c6ccccc6S5)c5cc(C(C)(C)C)ccc5-c5ccc(C(C)(C)C)cc54)c4ccccc4-c4ccccc4)cc31)c1cc(C(C)(C)C)ccc1-2. The van der Waals surface area contributed by atoms with E-state index in [-0.39, 0.29) is 21.7 Å². The van der Waals surface area contributed by atoms with Gasteiger partial charge in [-0.1, -0.05) is 253 Å². The summed E-state index contributed by atoms with van der Waals surface area (Å²) in [6, 6.07) is 81.7. The summed E-state index contributed by atoms with van der Waals surface area (Å²) in [6.07, 6.45) is 0. The van der Waals surface area contributed by atoms with Gasteiger partial charge in [0.05, 0.1) is 16.5 Å². The lowest BCUT2D eigenvalue weighted by molar-refractivity contribution is 0.436. The highest BCUT2D eigenvalue weighted by molar-refractivity contribution is 7.99. The van der Waals surface area contributed by atoms with Gasteiger partial charge in [0.2, 0.25) is 0 Å². The fraction of sp³-hybridized carbons (Fsp3) is 0.231. The minimum Gasteiger partial charge on any atom is -0.457 e. The Morgan fingerprint density at radius 3 is 1.25 bits per heavy atom. The molecule has 0 atom stereocenters. The third kappa shape index (κ3) is 7.67. The van der Waals surface area contributed by atoms with Crippen molar-refractivity contribution >= 4 is 28.8 Å². The average Bonchev–Trinajstić information content (AvgIpc) is 4.13. The first-order valence-corrected chi connectivity index (χ1v) is 29.9. The summed E-state index contributed by atoms with van der Waals surface area (Å²) in [5, 5.41) is 0. The molecule has 0 unspecified atom stereocenters. The zero-order valence-electron chi connectivity index (χ0n) is 49.0. The molecule has 0 bridgehead atoms. The average molecular weight is 1070 g/mol. The molecule has 400 valence electrons. The number of hydrogen-bond donors (Lipinski definition) is 0. The zero-order chi connectivity index (χ0) is 56.2. The van der Waals surface area contributed by atoms with Crippen molar-refractivity contribution in [1.82, 2.24) is 0 Å². The molecular formula is C78H71NOS. The molecule has 2 spiro atoms. The molecule has 4 aliphatic rings. The Hall–Kier alpha value is -7.85. The predicted octanol–water partition coefficient (Wildman–Crippen LogP) is 21.3. The van der Waals surface area contributed by atoms with E-state index in [4.69, 9.17) is 4.74 Å². The van der Waals surface area contributed by atoms with E-state index in [1.54, 1.807) is 0 Å². The lowest BCUT2D eigenvalue weighted by Gasteiger charge is -2.42. The van der Waals surface area contributed by atoms with Crippen LogP contribution in [-0.2, 0) is 32.5 Å². The van der Waals surface area contributed by atoms with Crippen LogP contribution in [0, 0.1) is 0 Å². The van der Waals surface area contributed by atoms with Crippen LogP contribution >= 0.6 is 11.8 Å². The molecule has 0 fully saturated rings. The van der Waals surface area contributed by atoms with E-state index in [9.17, 15) is 0 Å². The van der Waals surface area contributed by atoms with Gasteiger partial charge >= 0.3 is 0 Å². The van der Waals surface area contributed by atoms with Gasteiger partial charge in [-0.2, -0.15) is 0 Å². The summed E-state index contributed by atoms with van der Waals surface area (Å²) in [6.45, 7) is 28.1. The van der Waals surface area contributed by atoms with Crippen LogP contribution in [0.1, 0.15) is 150 Å². The molecule has 0 N–H and O–H groups in total. The third-order valence-electron chi connectivity index (χ3n) is 18.2. The molecule has 10 aromatic carbocycles. The quantitative estimate of drug-likeness (QED) is 0.174. The van der Waals surface area contributed by atoms with Crippen LogP contribution in [0.2, 0.25) is 0 Å². The van der Waals surface area contributed by atoms with Crippen molar-refractivity contribution in [3.05, 3.63) is 279 Å². The number of anilines is 3. The second-order valence-corrected chi connectivity index (χ2v) is 28.4. The lowest BCUT2D eigenvalue weighted by atomic mass is 9.65. The molecule has 2 aliphatic heterocycles. The van der Waals surface area contributed by atoms with Crippen molar-refractivity contribution in [1.29, 1.82) is 0 Å². The predicted molar refractivity (Wildman–Crippen MR) is 340 cm³/mol. The molecule has 2 nitrogen and oxygen atoms in total. The van der Waals surface area contributed by atoms with E-state index in [0.29, 0.717) is 0 Å². The van der Waals surface area contributed by atoms with Gasteiger partial charge in [-0.25, -0.2) is 0 Å². The highest BCUT2D eigenvalue weighted by Crippen LogP contribution is 2.66. The number of hydrogen-bond acceptors (Lipinski definition) is 3. The van der Waals surface area contributed by atoms with E-state index in [1.165, 1.54) is 87.7 Å². The number of nitrogens with zero attached hydrogens (tertiary/aromatic N) is 1. The van der Waals surface area contributed by atoms with Gasteiger partial charge in [-0.3, -0.25) is 0 Å². The Balaban J connectivity index is 1.09. The smallest absolute Gasteiger partial charge is 0.132 e. The largest absolute Gasteiger partial charge is 0.457 e. The molecule has 2 heterocycles. The van der Waals surface area contributed by atoms with Gasteiger partial charge in [0, 0.05) is 37.9 Å². The van der Waals surface area contributed by atoms with E-state index in [0.717, 1.165) is 50.8 Å². The molecule has 81 heavy (non-hydrogen) atoms. The molecule has 0 saturated heterocycles. The number of para-hydroxylation sites is 2. The Labute approximate surface area is 484 Å². The number of ether oxygens (including phenoxy) is 1. The third-order valence-corrected chi connectivity index (χ3v) is 19.4. The van der Waals surface area contributed by atoms with Crippen molar-refractivity contribution in [3.63, 3.8) is 0 Å². The van der Waals surface area contributed by atoms with Crippen LogP contribution in [0.5, 0.6) is 11.5 Å². The van der Waals surface area contributed by atoms with Crippen molar-refractivity contribution in [2.45, 2.75) is 125 Å². The van der Waals surface area contributed by atoms with Gasteiger partial charge in [-0.05, 0) is 160 Å². The summed E-state index contributed by atoms with van der Waals surface area (Å²) in [5.74, 6) is 1.76. The number of rotatable bonds is 4. The standard InChI is InChI=1S/C78H71NOS/c1-73(2,3)49-30-36-56-57-37-31-50(74(4,5)6)43-63(57)77(62(56)42-49)60-25-17-20-28-69(60)80-70-40-34-53(46-66(70)77)79(68-27-19-16-24-55(68)48-22-14-13-15-23-48)54-35-41-72-67(47-54)78(61-26-18-21-29-71(61)81-72)64-44-51(75(7,8)9)32-38-58(64)59-39-33-52(45-65(59)78)76(10,11)12/h13-47H,1-12H3. The van der Waals surface area contributed by atoms with Gasteiger partial charge in [-0.15, -0.1) is 0 Å². The van der Waals surface area contributed by atoms with Gasteiger partial charge in [0.1, 0.15) is 11.5 Å². The van der Waals surface area contributed by atoms with Crippen LogP contribution in [0.4, 0.5) is 17.1 Å². The van der Waals surface area contributed by atoms with Crippen molar-refractivity contribution in [2.75, 3.05) is 4.90 Å². The lowest BCUT2D eigenvalue weighted by Crippen LogP contribution is -2.33. The maximum Gasteiger partial charge on any atom is 0.132 e. The fourth-order valence-corrected chi connectivity index (χ4v) is 15.1. The molecule has 2 aliphatic carbocycles. The van der Waals surface area contributed by atoms with Crippen molar-refractivity contribution in [2.24, 2.45) is 0 Å². The van der Waals surface area contributed by atoms with Crippen LogP contribution in [-0.4, -0.2) is 0 Å². The zero-order valence-corrected chi connectivity index (χ0v) is 49.8. The monoisotopic (exact) mass is 1070 g/mol. The molecule has 3 heteroatoms. The van der Waals surface area contributed by atoms with Crippen LogP contribution in [0.3, 0.4) is 0 Å². The first kappa shape index (κ1) is 51.3. The van der Waals surface area contributed by atoms with E-state index in [2.05, 4.69) is 300 Å². The Bertz CT molecular complexity index is 3870. The first-order chi connectivity index (χ1) is 38.7. The molecular weight excluding hydrogens is 999 g/mol. The number of fused-ring (bicyclic) bond motifs is 18. The second-order valence-electron chi connectivity index (χ2n) is 27.3. The Kier molecular flexibility index (Phi) is 11.3. The second kappa shape index (κ2) is 17.8. The fourth-order valence-electron chi connectivity index (χ4n) is 14.0. The van der Waals surface area contributed by atoms with Gasteiger partial charge < -0.3 is 9.64 Å². The normalized spacial score (nSPS) is 14.9. The molecule has 14 rings (SSSR count). The number of benzene rings is 10. The van der Waals surface area contributed by atoms with E-state index in [1.807, 2.05) is 11.8 Å². The summed E-state index contributed by atoms with van der Waals surface area (Å²) >= 11 is 1.91. The van der Waals surface area contributed by atoms with Gasteiger partial charge in [0.15, 0.2) is 0 Å². The first-order valence-electron chi connectivity index (χ1n) is 29.1. The van der Waals surface area contributed by atoms with Crippen LogP contribution in [0.25, 0.3) is 33.4 Å². The van der Waals surface area contributed by atoms with Crippen LogP contribution in [0.15, 0.2) is 222 Å². The van der Waals surface area contributed by atoms with E-state index >= 15 is 0 Å². The highest BCUT2D eigenvalue weighted by atomic mass is 32.2. The highest BCUT2D eigenvalue weighted by Gasteiger charge is 2.54. The summed E-state index contributed by atoms with van der Waals surface area (Å²) in [5.41, 5.74) is 24.7. The molecule has 10 aromatic rings. The van der Waals surface area contributed by atoms with Gasteiger partial charge in [0.25, 0.3) is 0 Å². The molecule has 0 aromatic heterocycles. The van der Waals surface area contributed by atoms with Crippen LogP contribution < -0.4 is 9.64 Å². The molecule has 0 saturated carbocycles. The Morgan fingerprint density at radius 2 is 0.716 bits per heavy atom. The topological polar surface area (TPSA) is 12.5 Å². The van der Waals surface area contributed by atoms with Crippen molar-refractivity contribution < 1.29 is 4.74 Å². The summed E-state index contributed by atoms with van der Waals surface area (Å²) in [4.78, 5) is 5.12. The van der Waals surface area contributed by atoms with E-state index < -0.39 is 10.8 Å². The maximum atomic E-state index is 7.21. The summed E-state index contributed by atoms with van der Waals surface area (Å²) < 4.78 is 7.21. The molecule has 0 amide bonds. The minimum atomic E-state index is -0.703. The Morgan fingerprint density at radius 1 is 0.309 bits per heavy atom. The summed E-state index contributed by atoms with van der Waals surface area (Å²) in [7, 11) is 0.